The van der Waals surface area contributed by atoms with Crippen LogP contribution < -0.4 is 5.73 Å². The Labute approximate surface area is 130 Å². The molecule has 0 saturated heterocycles. The average Bonchev–Trinajstić information content (AvgIpc) is 2.84. The van der Waals surface area contributed by atoms with Crippen molar-refractivity contribution in [3.05, 3.63) is 70.7 Å². The first-order valence-corrected chi connectivity index (χ1v) is 7.25. The Morgan fingerprint density at radius 2 is 1.86 bits per heavy atom. The van der Waals surface area contributed by atoms with Gasteiger partial charge in [-0.05, 0) is 27.6 Å². The van der Waals surface area contributed by atoms with Crippen LogP contribution in [0.1, 0.15) is 5.56 Å². The number of nitrogens with two attached hydrogens (primary N) is 1. The van der Waals surface area contributed by atoms with Gasteiger partial charge in [-0.2, -0.15) is 0 Å². The third kappa shape index (κ3) is 2.69. The third-order valence-electron chi connectivity index (χ3n) is 3.28. The van der Waals surface area contributed by atoms with E-state index in [0.717, 1.165) is 5.56 Å². The fourth-order valence-corrected chi connectivity index (χ4v) is 2.64. The second kappa shape index (κ2) is 5.69. The molecule has 3 aromatic rings. The first-order valence-electron chi connectivity index (χ1n) is 6.45. The van der Waals surface area contributed by atoms with Crippen molar-refractivity contribution >= 4 is 21.7 Å². The average molecular weight is 346 g/mol. The van der Waals surface area contributed by atoms with Crippen LogP contribution in [0.4, 0.5) is 10.2 Å². The summed E-state index contributed by atoms with van der Waals surface area (Å²) >= 11 is 3.25. The smallest absolute Gasteiger partial charge is 0.138 e. The van der Waals surface area contributed by atoms with Crippen molar-refractivity contribution in [2.24, 2.45) is 0 Å². The van der Waals surface area contributed by atoms with Crippen LogP contribution in [0.5, 0.6) is 0 Å². The van der Waals surface area contributed by atoms with E-state index in [1.165, 1.54) is 6.07 Å². The van der Waals surface area contributed by atoms with Gasteiger partial charge in [-0.25, -0.2) is 9.37 Å². The van der Waals surface area contributed by atoms with Crippen molar-refractivity contribution in [3.63, 3.8) is 0 Å². The molecule has 0 saturated carbocycles. The highest BCUT2D eigenvalue weighted by Gasteiger charge is 2.14. The summed E-state index contributed by atoms with van der Waals surface area (Å²) < 4.78 is 15.9. The molecule has 3 nitrogen and oxygen atoms in total. The number of anilines is 1. The molecule has 0 aliphatic carbocycles. The molecule has 0 spiro atoms. The Morgan fingerprint density at radius 3 is 2.62 bits per heavy atom. The molecule has 1 aromatic heterocycles. The zero-order valence-corrected chi connectivity index (χ0v) is 12.7. The Bertz CT molecular complexity index is 768. The highest BCUT2D eigenvalue weighted by atomic mass is 79.9. The van der Waals surface area contributed by atoms with E-state index in [4.69, 9.17) is 5.73 Å². The minimum atomic E-state index is -0.329. The lowest BCUT2D eigenvalue weighted by Crippen LogP contribution is -2.03. The van der Waals surface area contributed by atoms with Crippen molar-refractivity contribution in [1.29, 1.82) is 0 Å². The predicted octanol–water partition coefficient (Wildman–Crippen LogP) is 4.08. The topological polar surface area (TPSA) is 43.8 Å². The highest BCUT2D eigenvalue weighted by molar-refractivity contribution is 9.10. The predicted molar refractivity (Wildman–Crippen MR) is 85.3 cm³/mol. The molecule has 3 rings (SSSR count). The maximum absolute atomic E-state index is 13.6. The van der Waals surface area contributed by atoms with E-state index in [9.17, 15) is 4.39 Å². The van der Waals surface area contributed by atoms with Crippen LogP contribution in [0.15, 0.2) is 59.3 Å². The summed E-state index contributed by atoms with van der Waals surface area (Å²) in [6.45, 7) is 0.632. The Morgan fingerprint density at radius 1 is 1.10 bits per heavy atom. The molecule has 2 N–H and O–H groups in total. The lowest BCUT2D eigenvalue weighted by atomic mass is 10.1. The normalized spacial score (nSPS) is 10.8. The molecule has 0 radical (unpaired) electrons. The van der Waals surface area contributed by atoms with Gasteiger partial charge < -0.3 is 10.3 Å². The molecule has 21 heavy (non-hydrogen) atoms. The Balaban J connectivity index is 1.98. The summed E-state index contributed by atoms with van der Waals surface area (Å²) in [5.41, 5.74) is 8.52. The van der Waals surface area contributed by atoms with Crippen LogP contribution in [-0.4, -0.2) is 9.55 Å². The lowest BCUT2D eigenvalue weighted by Gasteiger charge is -2.07. The molecular weight excluding hydrogens is 333 g/mol. The van der Waals surface area contributed by atoms with Crippen LogP contribution in [0, 0.1) is 5.82 Å². The number of imidazole rings is 1. The minimum absolute atomic E-state index is 0.329. The van der Waals surface area contributed by atoms with Gasteiger partial charge >= 0.3 is 0 Å². The largest absolute Gasteiger partial charge is 0.383 e. The van der Waals surface area contributed by atoms with Crippen molar-refractivity contribution in [1.82, 2.24) is 9.55 Å². The van der Waals surface area contributed by atoms with Crippen molar-refractivity contribution in [2.75, 3.05) is 5.73 Å². The first kappa shape index (κ1) is 13.8. The van der Waals surface area contributed by atoms with Crippen LogP contribution in [-0.2, 0) is 6.54 Å². The monoisotopic (exact) mass is 345 g/mol. The van der Waals surface area contributed by atoms with Crippen LogP contribution >= 0.6 is 15.9 Å². The molecule has 0 aliphatic rings. The van der Waals surface area contributed by atoms with Gasteiger partial charge in [0.2, 0.25) is 0 Å². The summed E-state index contributed by atoms with van der Waals surface area (Å²) in [6.07, 6.45) is 1.68. The SMILES string of the molecule is Nc1c(-c2cccc(F)c2Br)ncn1Cc1ccccc1. The van der Waals surface area contributed by atoms with E-state index < -0.39 is 0 Å². The number of halogens is 2. The van der Waals surface area contributed by atoms with Crippen molar-refractivity contribution in [2.45, 2.75) is 6.54 Å². The Kier molecular flexibility index (Phi) is 3.75. The molecule has 106 valence electrons. The molecule has 0 bridgehead atoms. The molecule has 0 atom stereocenters. The van der Waals surface area contributed by atoms with E-state index >= 15 is 0 Å². The number of aromatic nitrogens is 2. The molecular formula is C16H13BrFN3. The number of benzene rings is 2. The summed E-state index contributed by atoms with van der Waals surface area (Å²) in [5, 5.41) is 0. The number of rotatable bonds is 3. The van der Waals surface area contributed by atoms with Gasteiger partial charge in [0.05, 0.1) is 17.3 Å². The van der Waals surface area contributed by atoms with Gasteiger partial charge in [-0.15, -0.1) is 0 Å². The standard InChI is InChI=1S/C16H13BrFN3/c17-14-12(7-4-8-13(14)18)15-16(19)21(10-20-15)9-11-5-2-1-3-6-11/h1-8,10H,9,19H2. The van der Waals surface area contributed by atoms with Crippen LogP contribution in [0.25, 0.3) is 11.3 Å². The van der Waals surface area contributed by atoms with Crippen molar-refractivity contribution in [3.8, 4) is 11.3 Å². The zero-order valence-electron chi connectivity index (χ0n) is 11.1. The van der Waals surface area contributed by atoms with Gasteiger partial charge in [0.25, 0.3) is 0 Å². The van der Waals surface area contributed by atoms with E-state index in [1.807, 2.05) is 34.9 Å². The lowest BCUT2D eigenvalue weighted by molar-refractivity contribution is 0.621. The van der Waals surface area contributed by atoms with Gasteiger partial charge in [0.15, 0.2) is 0 Å². The molecule has 0 unspecified atom stereocenters. The molecule has 0 aliphatic heterocycles. The maximum Gasteiger partial charge on any atom is 0.138 e. The zero-order chi connectivity index (χ0) is 14.8. The second-order valence-corrected chi connectivity index (χ2v) is 5.49. The fraction of sp³-hybridized carbons (Fsp3) is 0.0625. The number of nitrogens with zero attached hydrogens (tertiary/aromatic N) is 2. The van der Waals surface area contributed by atoms with Gasteiger partial charge in [0, 0.05) is 5.56 Å². The van der Waals surface area contributed by atoms with Gasteiger partial charge in [-0.1, -0.05) is 42.5 Å². The summed E-state index contributed by atoms with van der Waals surface area (Å²) in [5.74, 6) is 0.190. The van der Waals surface area contributed by atoms with Gasteiger partial charge in [-0.3, -0.25) is 0 Å². The molecule has 0 fully saturated rings. The quantitative estimate of drug-likeness (QED) is 0.777. The number of hydrogen-bond acceptors (Lipinski definition) is 2. The van der Waals surface area contributed by atoms with Crippen molar-refractivity contribution < 1.29 is 4.39 Å². The highest BCUT2D eigenvalue weighted by Crippen LogP contribution is 2.32. The van der Waals surface area contributed by atoms with Gasteiger partial charge in [0.1, 0.15) is 17.3 Å². The van der Waals surface area contributed by atoms with E-state index in [0.29, 0.717) is 28.1 Å². The summed E-state index contributed by atoms with van der Waals surface area (Å²) in [7, 11) is 0. The Hall–Kier alpha value is -2.14. The van der Waals surface area contributed by atoms with E-state index in [2.05, 4.69) is 20.9 Å². The number of nitrogen functional groups attached to an aromatic ring is 1. The molecule has 5 heteroatoms. The summed E-state index contributed by atoms with van der Waals surface area (Å²) in [6, 6.07) is 14.8. The third-order valence-corrected chi connectivity index (χ3v) is 4.09. The second-order valence-electron chi connectivity index (χ2n) is 4.69. The molecule has 1 heterocycles. The first-order chi connectivity index (χ1) is 10.2. The van der Waals surface area contributed by atoms with Crippen LogP contribution in [0.2, 0.25) is 0 Å². The molecule has 0 amide bonds. The minimum Gasteiger partial charge on any atom is -0.383 e. The van der Waals surface area contributed by atoms with E-state index in [-0.39, 0.29) is 5.82 Å². The van der Waals surface area contributed by atoms with E-state index in [1.54, 1.807) is 18.5 Å². The molecule has 2 aromatic carbocycles. The van der Waals surface area contributed by atoms with Crippen LogP contribution in [0.3, 0.4) is 0 Å². The fourth-order valence-electron chi connectivity index (χ4n) is 2.19. The summed E-state index contributed by atoms with van der Waals surface area (Å²) in [4.78, 5) is 4.33. The number of hydrogen-bond donors (Lipinski definition) is 1. The maximum atomic E-state index is 13.6.